The number of nitro benzene ring substituents is 1. The number of carbonyl (C=O) groups is 2. The minimum Gasteiger partial charge on any atom is -0.497 e. The smallest absolute Gasteiger partial charge is 0.311 e. The second-order valence-electron chi connectivity index (χ2n) is 8.42. The van der Waals surface area contributed by atoms with E-state index in [1.165, 1.54) is 30.2 Å². The Labute approximate surface area is 204 Å². The fourth-order valence-electron chi connectivity index (χ4n) is 4.03. The lowest BCUT2D eigenvalue weighted by atomic mass is 10.1. The molecule has 0 radical (unpaired) electrons. The number of benzene rings is 2. The molecule has 0 spiro atoms. The predicted molar refractivity (Wildman–Crippen MR) is 129 cm³/mol. The van der Waals surface area contributed by atoms with Gasteiger partial charge in [0, 0.05) is 24.7 Å². The van der Waals surface area contributed by atoms with Gasteiger partial charge in [0.05, 0.1) is 19.1 Å². The van der Waals surface area contributed by atoms with Crippen LogP contribution in [0.3, 0.4) is 0 Å². The Morgan fingerprint density at radius 1 is 1.09 bits per heavy atom. The molecule has 1 N–H and O–H groups in total. The lowest BCUT2D eigenvalue weighted by Crippen LogP contribution is -2.50. The van der Waals surface area contributed by atoms with E-state index in [-0.39, 0.29) is 42.3 Å². The third-order valence-electron chi connectivity index (χ3n) is 6.09. The van der Waals surface area contributed by atoms with Gasteiger partial charge >= 0.3 is 5.69 Å². The number of nitrogens with zero attached hydrogens (tertiary/aromatic N) is 2. The second-order valence-corrected chi connectivity index (χ2v) is 8.42. The number of hydrogen-bond donors (Lipinski definition) is 1. The van der Waals surface area contributed by atoms with Crippen LogP contribution in [-0.4, -0.2) is 54.5 Å². The van der Waals surface area contributed by atoms with E-state index < -0.39 is 16.9 Å². The number of hydrogen-bond acceptors (Lipinski definition) is 7. The lowest BCUT2D eigenvalue weighted by molar-refractivity contribution is -0.385. The van der Waals surface area contributed by atoms with Gasteiger partial charge in [-0.3, -0.25) is 19.7 Å². The molecule has 1 aliphatic carbocycles. The molecular weight excluding hydrogens is 454 g/mol. The van der Waals surface area contributed by atoms with E-state index in [9.17, 15) is 19.7 Å². The topological polar surface area (TPSA) is 120 Å². The fraction of sp³-hybridized carbons (Fsp3) is 0.440. The van der Waals surface area contributed by atoms with Crippen molar-refractivity contribution in [2.45, 2.75) is 51.2 Å². The lowest BCUT2D eigenvalue weighted by Gasteiger charge is -2.29. The van der Waals surface area contributed by atoms with E-state index in [1.54, 1.807) is 26.2 Å². The van der Waals surface area contributed by atoms with E-state index in [2.05, 4.69) is 5.32 Å². The number of nitro groups is 1. The highest BCUT2D eigenvalue weighted by Gasteiger charge is 2.29. The average molecular weight is 486 g/mol. The van der Waals surface area contributed by atoms with Crippen molar-refractivity contribution in [2.75, 3.05) is 20.8 Å². The van der Waals surface area contributed by atoms with Crippen molar-refractivity contribution in [3.05, 3.63) is 58.1 Å². The first-order chi connectivity index (χ1) is 16.8. The molecule has 0 unspecified atom stereocenters. The molecule has 0 saturated heterocycles. The summed E-state index contributed by atoms with van der Waals surface area (Å²) >= 11 is 0. The molecule has 1 aliphatic rings. The molecule has 3 rings (SSSR count). The third kappa shape index (κ3) is 6.84. The number of ether oxygens (including phenoxy) is 3. The van der Waals surface area contributed by atoms with Gasteiger partial charge in [-0.1, -0.05) is 25.0 Å². The Kier molecular flexibility index (Phi) is 8.88. The molecule has 10 heteroatoms. The summed E-state index contributed by atoms with van der Waals surface area (Å²) < 4.78 is 15.9. The van der Waals surface area contributed by atoms with Gasteiger partial charge in [0.15, 0.2) is 6.61 Å². The summed E-state index contributed by atoms with van der Waals surface area (Å²) in [5.74, 6) is 0.352. The molecule has 0 heterocycles. The summed E-state index contributed by atoms with van der Waals surface area (Å²) in [6.07, 6.45) is 4.05. The molecule has 2 aromatic rings. The van der Waals surface area contributed by atoms with Crippen LogP contribution in [0.4, 0.5) is 5.69 Å². The van der Waals surface area contributed by atoms with Crippen molar-refractivity contribution in [3.8, 4) is 17.2 Å². The van der Waals surface area contributed by atoms with Gasteiger partial charge < -0.3 is 24.4 Å². The van der Waals surface area contributed by atoms with E-state index in [4.69, 9.17) is 14.2 Å². The van der Waals surface area contributed by atoms with Crippen LogP contribution in [-0.2, 0) is 16.1 Å². The van der Waals surface area contributed by atoms with Crippen molar-refractivity contribution in [2.24, 2.45) is 0 Å². The number of amides is 2. The molecule has 188 valence electrons. The molecule has 2 aromatic carbocycles. The van der Waals surface area contributed by atoms with E-state index in [0.29, 0.717) is 5.75 Å². The standard InChI is InChI=1S/C25H31N3O7/c1-17(25(30)26-19-6-4-5-7-19)27(15-18-8-10-20(33-2)11-9-18)24(29)16-35-21-12-13-22(28(31)32)23(14-21)34-3/h8-14,17,19H,4-7,15-16H2,1-3H3,(H,26,30)/t17-/m0/s1. The highest BCUT2D eigenvalue weighted by Crippen LogP contribution is 2.30. The van der Waals surface area contributed by atoms with Crippen LogP contribution in [0.1, 0.15) is 38.2 Å². The molecule has 35 heavy (non-hydrogen) atoms. The van der Waals surface area contributed by atoms with Crippen LogP contribution in [0.5, 0.6) is 17.2 Å². The van der Waals surface area contributed by atoms with Crippen molar-refractivity contribution < 1.29 is 28.7 Å². The maximum atomic E-state index is 13.2. The van der Waals surface area contributed by atoms with Crippen LogP contribution < -0.4 is 19.5 Å². The minimum atomic E-state index is -0.722. The van der Waals surface area contributed by atoms with E-state index in [0.717, 1.165) is 31.2 Å². The molecule has 0 bridgehead atoms. The normalized spacial score (nSPS) is 14.1. The van der Waals surface area contributed by atoms with Gasteiger partial charge in [0.2, 0.25) is 11.7 Å². The highest BCUT2D eigenvalue weighted by atomic mass is 16.6. The van der Waals surface area contributed by atoms with Gasteiger partial charge in [0.25, 0.3) is 5.91 Å². The zero-order chi connectivity index (χ0) is 25.4. The van der Waals surface area contributed by atoms with Crippen molar-refractivity contribution in [1.29, 1.82) is 0 Å². The van der Waals surface area contributed by atoms with Crippen LogP contribution in [0.2, 0.25) is 0 Å². The van der Waals surface area contributed by atoms with Gasteiger partial charge in [-0.2, -0.15) is 0 Å². The van der Waals surface area contributed by atoms with Crippen molar-refractivity contribution in [1.82, 2.24) is 10.2 Å². The molecule has 10 nitrogen and oxygen atoms in total. The van der Waals surface area contributed by atoms with Crippen LogP contribution in [0.15, 0.2) is 42.5 Å². The zero-order valence-electron chi connectivity index (χ0n) is 20.2. The molecule has 2 amide bonds. The summed E-state index contributed by atoms with van der Waals surface area (Å²) in [7, 11) is 2.89. The monoisotopic (exact) mass is 485 g/mol. The Bertz CT molecular complexity index is 1040. The molecule has 1 fully saturated rings. The quantitative estimate of drug-likeness (QED) is 0.382. The SMILES string of the molecule is COc1ccc(CN(C(=O)COc2ccc([N+](=O)[O-])c(OC)c2)[C@@H](C)C(=O)NC2CCCC2)cc1. The first kappa shape index (κ1) is 25.8. The van der Waals surface area contributed by atoms with E-state index >= 15 is 0 Å². The zero-order valence-corrected chi connectivity index (χ0v) is 20.2. The fourth-order valence-corrected chi connectivity index (χ4v) is 4.03. The average Bonchev–Trinajstić information content (AvgIpc) is 3.38. The number of carbonyl (C=O) groups excluding carboxylic acids is 2. The van der Waals surface area contributed by atoms with E-state index in [1.807, 2.05) is 12.1 Å². The summed E-state index contributed by atoms with van der Waals surface area (Å²) in [6.45, 7) is 1.55. The number of nitrogens with one attached hydrogen (secondary N) is 1. The minimum absolute atomic E-state index is 0.0272. The van der Waals surface area contributed by atoms with Crippen molar-refractivity contribution >= 4 is 17.5 Å². The molecule has 1 saturated carbocycles. The number of rotatable bonds is 11. The summed E-state index contributed by atoms with van der Waals surface area (Å²) in [5.41, 5.74) is 0.626. The molecule has 1 atom stereocenters. The molecular formula is C25H31N3O7. The molecule has 0 aromatic heterocycles. The Balaban J connectivity index is 1.74. The Morgan fingerprint density at radius 2 is 1.74 bits per heavy atom. The summed E-state index contributed by atoms with van der Waals surface area (Å²) in [6, 6.07) is 10.7. The maximum Gasteiger partial charge on any atom is 0.311 e. The van der Waals surface area contributed by atoms with Gasteiger partial charge in [0.1, 0.15) is 17.5 Å². The molecule has 0 aliphatic heterocycles. The van der Waals surface area contributed by atoms with Crippen LogP contribution in [0.25, 0.3) is 0 Å². The summed E-state index contributed by atoms with van der Waals surface area (Å²) in [5, 5.41) is 14.2. The third-order valence-corrected chi connectivity index (χ3v) is 6.09. The predicted octanol–water partition coefficient (Wildman–Crippen LogP) is 3.47. The Morgan fingerprint density at radius 3 is 2.34 bits per heavy atom. The maximum absolute atomic E-state index is 13.2. The van der Waals surface area contributed by atoms with Gasteiger partial charge in [-0.05, 0) is 43.5 Å². The van der Waals surface area contributed by atoms with Gasteiger partial charge in [-0.15, -0.1) is 0 Å². The summed E-state index contributed by atoms with van der Waals surface area (Å²) in [4.78, 5) is 38.2. The van der Waals surface area contributed by atoms with Crippen LogP contribution in [0, 0.1) is 10.1 Å². The largest absolute Gasteiger partial charge is 0.497 e. The number of methoxy groups -OCH3 is 2. The van der Waals surface area contributed by atoms with Crippen LogP contribution >= 0.6 is 0 Å². The Hall–Kier alpha value is -3.82. The van der Waals surface area contributed by atoms with Gasteiger partial charge in [-0.25, -0.2) is 0 Å². The first-order valence-corrected chi connectivity index (χ1v) is 11.5. The second kappa shape index (κ2) is 12.0. The van der Waals surface area contributed by atoms with Crippen molar-refractivity contribution in [3.63, 3.8) is 0 Å². The highest BCUT2D eigenvalue weighted by molar-refractivity contribution is 5.88. The first-order valence-electron chi connectivity index (χ1n) is 11.5.